The third-order valence-electron chi connectivity index (χ3n) is 2.20. The Morgan fingerprint density at radius 3 is 2.19 bits per heavy atom. The third kappa shape index (κ3) is 9.09. The minimum atomic E-state index is 0.120. The average Bonchev–Trinajstić information content (AvgIpc) is 2.26. The van der Waals surface area contributed by atoms with Gasteiger partial charge in [-0.05, 0) is 26.9 Å². The number of hydrogen-bond acceptors (Lipinski definition) is 4. The van der Waals surface area contributed by atoms with Gasteiger partial charge in [-0.2, -0.15) is 0 Å². The summed E-state index contributed by atoms with van der Waals surface area (Å²) < 4.78 is 5.67. The lowest BCUT2D eigenvalue weighted by Crippen LogP contribution is -2.32. The van der Waals surface area contributed by atoms with Gasteiger partial charge in [0, 0.05) is 13.0 Å². The Hall–Kier alpha value is -0.160. The van der Waals surface area contributed by atoms with Crippen LogP contribution >= 0.6 is 0 Å². The van der Waals surface area contributed by atoms with Crippen LogP contribution in [0.5, 0.6) is 0 Å². The fourth-order valence-corrected chi connectivity index (χ4v) is 1.21. The highest BCUT2D eigenvalue weighted by Crippen LogP contribution is 2.03. The van der Waals surface area contributed by atoms with Crippen molar-refractivity contribution in [2.75, 3.05) is 33.9 Å². The van der Waals surface area contributed by atoms with Crippen molar-refractivity contribution in [2.45, 2.75) is 45.8 Å². The minimum Gasteiger partial charge on any atom is -0.363 e. The third-order valence-corrected chi connectivity index (χ3v) is 2.20. The van der Waals surface area contributed by atoms with Crippen LogP contribution in [0.2, 0.25) is 0 Å². The van der Waals surface area contributed by atoms with E-state index in [1.54, 1.807) is 0 Å². The second kappa shape index (κ2) is 11.3. The predicted molar refractivity (Wildman–Crippen MR) is 65.1 cm³/mol. The molecule has 0 saturated heterocycles. The van der Waals surface area contributed by atoms with E-state index in [1.807, 2.05) is 14.1 Å². The van der Waals surface area contributed by atoms with E-state index in [0.29, 0.717) is 13.2 Å². The number of nitrogens with zero attached hydrogens (tertiary/aromatic N) is 1. The summed E-state index contributed by atoms with van der Waals surface area (Å²) in [4.78, 5) is 12.2. The van der Waals surface area contributed by atoms with Gasteiger partial charge in [-0.25, -0.2) is 9.78 Å². The van der Waals surface area contributed by atoms with Crippen LogP contribution in [-0.4, -0.2) is 45.0 Å². The normalized spacial score (nSPS) is 13.3. The first-order chi connectivity index (χ1) is 7.72. The molecule has 0 heterocycles. The smallest absolute Gasteiger partial charge is 0.112 e. The molecule has 4 heteroatoms. The summed E-state index contributed by atoms with van der Waals surface area (Å²) in [6.07, 6.45) is 4.17. The highest BCUT2D eigenvalue weighted by molar-refractivity contribution is 4.53. The molecule has 0 aliphatic carbocycles. The van der Waals surface area contributed by atoms with Gasteiger partial charge in [0.2, 0.25) is 0 Å². The predicted octanol–water partition coefficient (Wildman–Crippen LogP) is 2.44. The SMILES string of the molecule is CCCCOOCCC(OCCC)N(C)C. The lowest BCUT2D eigenvalue weighted by atomic mass is 10.3. The molecule has 1 atom stereocenters. The standard InChI is InChI=1S/C12H27NO3/c1-5-7-10-15-16-11-8-12(13(3)4)14-9-6-2/h12H,5-11H2,1-4H3. The maximum Gasteiger partial charge on any atom is 0.112 e. The summed E-state index contributed by atoms with van der Waals surface area (Å²) >= 11 is 0. The Morgan fingerprint density at radius 1 is 0.938 bits per heavy atom. The highest BCUT2D eigenvalue weighted by atomic mass is 17.2. The van der Waals surface area contributed by atoms with Crippen LogP contribution in [0.3, 0.4) is 0 Å². The van der Waals surface area contributed by atoms with E-state index >= 15 is 0 Å². The van der Waals surface area contributed by atoms with E-state index in [1.165, 1.54) is 0 Å². The molecule has 0 rings (SSSR count). The first-order valence-corrected chi connectivity index (χ1v) is 6.24. The monoisotopic (exact) mass is 233 g/mol. The van der Waals surface area contributed by atoms with Gasteiger partial charge in [0.05, 0.1) is 13.2 Å². The topological polar surface area (TPSA) is 30.9 Å². The lowest BCUT2D eigenvalue weighted by Gasteiger charge is -2.24. The fraction of sp³-hybridized carbons (Fsp3) is 1.00. The molecule has 98 valence electrons. The van der Waals surface area contributed by atoms with Crippen molar-refractivity contribution in [1.29, 1.82) is 0 Å². The van der Waals surface area contributed by atoms with E-state index in [9.17, 15) is 0 Å². The number of hydrogen-bond donors (Lipinski definition) is 0. The van der Waals surface area contributed by atoms with Gasteiger partial charge in [0.15, 0.2) is 0 Å². The Bertz CT molecular complexity index is 142. The number of ether oxygens (including phenoxy) is 1. The van der Waals surface area contributed by atoms with Crippen molar-refractivity contribution in [2.24, 2.45) is 0 Å². The summed E-state index contributed by atoms with van der Waals surface area (Å²) in [6.45, 7) is 6.29. The van der Waals surface area contributed by atoms with Gasteiger partial charge in [0.25, 0.3) is 0 Å². The molecule has 4 nitrogen and oxygen atoms in total. The van der Waals surface area contributed by atoms with E-state index < -0.39 is 0 Å². The Labute approximate surface area is 99.8 Å². The van der Waals surface area contributed by atoms with Crippen molar-refractivity contribution in [3.63, 3.8) is 0 Å². The fourth-order valence-electron chi connectivity index (χ4n) is 1.21. The first kappa shape index (κ1) is 15.8. The van der Waals surface area contributed by atoms with Crippen LogP contribution in [-0.2, 0) is 14.5 Å². The van der Waals surface area contributed by atoms with Gasteiger partial charge < -0.3 is 4.74 Å². The molecule has 0 bridgehead atoms. The molecule has 16 heavy (non-hydrogen) atoms. The molecule has 0 aromatic rings. The van der Waals surface area contributed by atoms with Gasteiger partial charge >= 0.3 is 0 Å². The van der Waals surface area contributed by atoms with Crippen molar-refractivity contribution in [3.8, 4) is 0 Å². The first-order valence-electron chi connectivity index (χ1n) is 6.24. The largest absolute Gasteiger partial charge is 0.363 e. The van der Waals surface area contributed by atoms with Crippen molar-refractivity contribution < 1.29 is 14.5 Å². The van der Waals surface area contributed by atoms with Crippen LogP contribution < -0.4 is 0 Å². The molecular formula is C12H27NO3. The zero-order valence-corrected chi connectivity index (χ0v) is 11.2. The van der Waals surface area contributed by atoms with Crippen LogP contribution in [0.1, 0.15) is 39.5 Å². The molecular weight excluding hydrogens is 206 g/mol. The van der Waals surface area contributed by atoms with E-state index in [2.05, 4.69) is 18.7 Å². The summed E-state index contributed by atoms with van der Waals surface area (Å²) in [5.74, 6) is 0. The second-order valence-electron chi connectivity index (χ2n) is 4.08. The Morgan fingerprint density at radius 2 is 1.62 bits per heavy atom. The molecule has 1 unspecified atom stereocenters. The zero-order valence-electron chi connectivity index (χ0n) is 11.2. The maximum atomic E-state index is 5.67. The maximum absolute atomic E-state index is 5.67. The lowest BCUT2D eigenvalue weighted by molar-refractivity contribution is -0.299. The molecule has 0 aliphatic heterocycles. The van der Waals surface area contributed by atoms with Crippen LogP contribution in [0.15, 0.2) is 0 Å². The molecule has 0 aromatic heterocycles. The van der Waals surface area contributed by atoms with Gasteiger partial charge in [-0.15, -0.1) is 0 Å². The highest BCUT2D eigenvalue weighted by Gasteiger charge is 2.10. The zero-order chi connectivity index (χ0) is 12.2. The molecule has 0 spiro atoms. The van der Waals surface area contributed by atoms with Crippen molar-refractivity contribution in [1.82, 2.24) is 4.90 Å². The van der Waals surface area contributed by atoms with E-state index in [4.69, 9.17) is 14.5 Å². The summed E-state index contributed by atoms with van der Waals surface area (Å²) in [5, 5.41) is 0. The van der Waals surface area contributed by atoms with Crippen molar-refractivity contribution in [3.05, 3.63) is 0 Å². The number of unbranched alkanes of at least 4 members (excludes halogenated alkanes) is 1. The summed E-state index contributed by atoms with van der Waals surface area (Å²) in [6, 6.07) is 0. The van der Waals surface area contributed by atoms with Crippen LogP contribution in [0, 0.1) is 0 Å². The Balaban J connectivity index is 3.44. The van der Waals surface area contributed by atoms with Crippen molar-refractivity contribution >= 4 is 0 Å². The minimum absolute atomic E-state index is 0.120. The quantitative estimate of drug-likeness (QED) is 0.237. The van der Waals surface area contributed by atoms with Gasteiger partial charge in [0.1, 0.15) is 6.23 Å². The number of rotatable bonds is 11. The second-order valence-corrected chi connectivity index (χ2v) is 4.08. The molecule has 0 aliphatic rings. The molecule has 0 fully saturated rings. The van der Waals surface area contributed by atoms with Gasteiger partial charge in [-0.3, -0.25) is 4.90 Å². The molecule has 0 N–H and O–H groups in total. The average molecular weight is 233 g/mol. The summed E-state index contributed by atoms with van der Waals surface area (Å²) in [7, 11) is 4.02. The molecule has 0 aromatic carbocycles. The van der Waals surface area contributed by atoms with E-state index in [0.717, 1.165) is 32.3 Å². The molecule has 0 amide bonds. The van der Waals surface area contributed by atoms with Crippen LogP contribution in [0.4, 0.5) is 0 Å². The Kier molecular flexibility index (Phi) is 11.2. The van der Waals surface area contributed by atoms with Crippen LogP contribution in [0.25, 0.3) is 0 Å². The summed E-state index contributed by atoms with van der Waals surface area (Å²) in [5.41, 5.74) is 0. The van der Waals surface area contributed by atoms with E-state index in [-0.39, 0.29) is 6.23 Å². The molecule has 0 saturated carbocycles. The van der Waals surface area contributed by atoms with Gasteiger partial charge in [-0.1, -0.05) is 20.3 Å². The molecule has 0 radical (unpaired) electrons.